The molecule has 0 spiro atoms. The van der Waals surface area contributed by atoms with Crippen molar-refractivity contribution in [2.45, 2.75) is 44.9 Å². The predicted octanol–water partition coefficient (Wildman–Crippen LogP) is 0.959. The zero-order valence-corrected chi connectivity index (χ0v) is 9.35. The third-order valence-electron chi connectivity index (χ3n) is 3.33. The SMILES string of the molecule is CC1CN(C(C(=O)O)C2CC2)C(C)CO1. The van der Waals surface area contributed by atoms with Gasteiger partial charge in [0.2, 0.25) is 0 Å². The van der Waals surface area contributed by atoms with Crippen molar-refractivity contribution in [2.24, 2.45) is 5.92 Å². The summed E-state index contributed by atoms with van der Waals surface area (Å²) in [5.41, 5.74) is 0. The highest BCUT2D eigenvalue weighted by atomic mass is 16.5. The van der Waals surface area contributed by atoms with Gasteiger partial charge >= 0.3 is 5.97 Å². The van der Waals surface area contributed by atoms with Crippen molar-refractivity contribution in [1.82, 2.24) is 4.90 Å². The molecule has 2 fully saturated rings. The molecule has 1 aliphatic carbocycles. The van der Waals surface area contributed by atoms with Crippen LogP contribution in [0.4, 0.5) is 0 Å². The molecule has 86 valence electrons. The van der Waals surface area contributed by atoms with Crippen LogP contribution in [0, 0.1) is 5.92 Å². The van der Waals surface area contributed by atoms with Crippen molar-refractivity contribution in [2.75, 3.05) is 13.2 Å². The van der Waals surface area contributed by atoms with Gasteiger partial charge in [0.15, 0.2) is 0 Å². The molecule has 0 bridgehead atoms. The number of hydrogen-bond acceptors (Lipinski definition) is 3. The van der Waals surface area contributed by atoms with Crippen molar-refractivity contribution >= 4 is 5.97 Å². The van der Waals surface area contributed by atoms with Gasteiger partial charge in [0.25, 0.3) is 0 Å². The van der Waals surface area contributed by atoms with E-state index in [1.807, 2.05) is 13.8 Å². The van der Waals surface area contributed by atoms with Gasteiger partial charge in [0.1, 0.15) is 6.04 Å². The first-order valence-electron chi connectivity index (χ1n) is 5.69. The van der Waals surface area contributed by atoms with Gasteiger partial charge < -0.3 is 9.84 Å². The topological polar surface area (TPSA) is 49.8 Å². The molecular weight excluding hydrogens is 194 g/mol. The lowest BCUT2D eigenvalue weighted by molar-refractivity contribution is -0.150. The summed E-state index contributed by atoms with van der Waals surface area (Å²) >= 11 is 0. The Morgan fingerprint density at radius 3 is 2.67 bits per heavy atom. The molecule has 0 aromatic heterocycles. The van der Waals surface area contributed by atoms with Crippen molar-refractivity contribution in [3.8, 4) is 0 Å². The van der Waals surface area contributed by atoms with Gasteiger partial charge in [-0.1, -0.05) is 0 Å². The molecule has 2 aliphatic rings. The fourth-order valence-corrected chi connectivity index (χ4v) is 2.34. The number of morpholine rings is 1. The highest BCUT2D eigenvalue weighted by molar-refractivity contribution is 5.74. The molecule has 3 atom stereocenters. The summed E-state index contributed by atoms with van der Waals surface area (Å²) in [5.74, 6) is -0.297. The Balaban J connectivity index is 2.07. The van der Waals surface area contributed by atoms with E-state index in [0.717, 1.165) is 19.4 Å². The first-order valence-corrected chi connectivity index (χ1v) is 5.69. The molecule has 0 radical (unpaired) electrons. The van der Waals surface area contributed by atoms with E-state index < -0.39 is 5.97 Å². The molecule has 1 saturated heterocycles. The lowest BCUT2D eigenvalue weighted by atomic mass is 10.1. The van der Waals surface area contributed by atoms with Gasteiger partial charge in [-0.2, -0.15) is 0 Å². The Hall–Kier alpha value is -0.610. The lowest BCUT2D eigenvalue weighted by Crippen LogP contribution is -2.55. The van der Waals surface area contributed by atoms with Crippen LogP contribution in [-0.2, 0) is 9.53 Å². The maximum atomic E-state index is 11.2. The summed E-state index contributed by atoms with van der Waals surface area (Å²) < 4.78 is 5.52. The van der Waals surface area contributed by atoms with Gasteiger partial charge in [-0.3, -0.25) is 9.69 Å². The highest BCUT2D eigenvalue weighted by Crippen LogP contribution is 2.37. The summed E-state index contributed by atoms with van der Waals surface area (Å²) in [6, 6.07) is -0.0609. The lowest BCUT2D eigenvalue weighted by Gasteiger charge is -2.40. The molecular formula is C11H19NO3. The van der Waals surface area contributed by atoms with Crippen molar-refractivity contribution in [3.05, 3.63) is 0 Å². The third kappa shape index (κ3) is 2.32. The van der Waals surface area contributed by atoms with E-state index in [1.165, 1.54) is 0 Å². The van der Waals surface area contributed by atoms with Crippen LogP contribution in [0.25, 0.3) is 0 Å². The summed E-state index contributed by atoms with van der Waals surface area (Å²) in [7, 11) is 0. The molecule has 1 saturated carbocycles. The van der Waals surface area contributed by atoms with Gasteiger partial charge in [0, 0.05) is 12.6 Å². The van der Waals surface area contributed by atoms with Crippen LogP contribution in [0.2, 0.25) is 0 Å². The normalized spacial score (nSPS) is 35.1. The second-order valence-corrected chi connectivity index (χ2v) is 4.81. The zero-order chi connectivity index (χ0) is 11.0. The minimum atomic E-state index is -0.668. The summed E-state index contributed by atoms with van der Waals surface area (Å²) in [6.07, 6.45) is 2.28. The van der Waals surface area contributed by atoms with Crippen LogP contribution >= 0.6 is 0 Å². The molecule has 1 heterocycles. The first kappa shape index (κ1) is 10.9. The minimum absolute atomic E-state index is 0.154. The fraction of sp³-hybridized carbons (Fsp3) is 0.909. The average Bonchev–Trinajstić information content (AvgIpc) is 2.95. The number of ether oxygens (including phenoxy) is 1. The minimum Gasteiger partial charge on any atom is -0.480 e. The van der Waals surface area contributed by atoms with E-state index in [0.29, 0.717) is 12.5 Å². The molecule has 15 heavy (non-hydrogen) atoms. The molecule has 1 N–H and O–H groups in total. The van der Waals surface area contributed by atoms with Crippen molar-refractivity contribution < 1.29 is 14.6 Å². The summed E-state index contributed by atoms with van der Waals surface area (Å²) in [5, 5.41) is 9.26. The van der Waals surface area contributed by atoms with Gasteiger partial charge in [-0.05, 0) is 32.6 Å². The van der Waals surface area contributed by atoms with Gasteiger partial charge in [-0.25, -0.2) is 0 Å². The van der Waals surface area contributed by atoms with Gasteiger partial charge in [0.05, 0.1) is 12.7 Å². The Bertz CT molecular complexity index is 252. The highest BCUT2D eigenvalue weighted by Gasteiger charge is 2.43. The molecule has 0 aromatic carbocycles. The number of aliphatic carboxylic acids is 1. The number of carboxylic acids is 1. The van der Waals surface area contributed by atoms with E-state index in [1.54, 1.807) is 0 Å². The van der Waals surface area contributed by atoms with Crippen LogP contribution < -0.4 is 0 Å². The number of rotatable bonds is 3. The van der Waals surface area contributed by atoms with Crippen LogP contribution in [0.3, 0.4) is 0 Å². The monoisotopic (exact) mass is 213 g/mol. The quantitative estimate of drug-likeness (QED) is 0.758. The first-order chi connectivity index (χ1) is 7.09. The molecule has 4 heteroatoms. The van der Waals surface area contributed by atoms with E-state index >= 15 is 0 Å². The van der Waals surface area contributed by atoms with E-state index in [-0.39, 0.29) is 18.2 Å². The Morgan fingerprint density at radius 1 is 1.47 bits per heavy atom. The standard InChI is InChI=1S/C11H19NO3/c1-7-6-15-8(2)5-12(7)10(11(13)14)9-3-4-9/h7-10H,3-6H2,1-2H3,(H,13,14). The van der Waals surface area contributed by atoms with Gasteiger partial charge in [-0.15, -0.1) is 0 Å². The van der Waals surface area contributed by atoms with E-state index in [4.69, 9.17) is 4.74 Å². The van der Waals surface area contributed by atoms with Crippen LogP contribution in [0.15, 0.2) is 0 Å². The van der Waals surface area contributed by atoms with E-state index in [2.05, 4.69) is 4.90 Å². The molecule has 0 aromatic rings. The van der Waals surface area contributed by atoms with Crippen molar-refractivity contribution in [3.63, 3.8) is 0 Å². The number of carboxylic acid groups (broad SMARTS) is 1. The average molecular weight is 213 g/mol. The van der Waals surface area contributed by atoms with Crippen molar-refractivity contribution in [1.29, 1.82) is 0 Å². The second-order valence-electron chi connectivity index (χ2n) is 4.81. The van der Waals surface area contributed by atoms with Crippen LogP contribution in [-0.4, -0.2) is 47.3 Å². The maximum Gasteiger partial charge on any atom is 0.321 e. The Kier molecular flexibility index (Phi) is 2.98. The summed E-state index contributed by atoms with van der Waals surface area (Å²) in [4.78, 5) is 13.4. The molecule has 4 nitrogen and oxygen atoms in total. The van der Waals surface area contributed by atoms with Crippen LogP contribution in [0.1, 0.15) is 26.7 Å². The second kappa shape index (κ2) is 4.10. The number of carbonyl (C=O) groups is 1. The molecule has 1 aliphatic heterocycles. The van der Waals surface area contributed by atoms with Crippen LogP contribution in [0.5, 0.6) is 0 Å². The van der Waals surface area contributed by atoms with E-state index in [9.17, 15) is 9.90 Å². The Labute approximate surface area is 90.2 Å². The fourth-order valence-electron chi connectivity index (χ4n) is 2.34. The number of nitrogens with zero attached hydrogens (tertiary/aromatic N) is 1. The molecule has 0 amide bonds. The third-order valence-corrected chi connectivity index (χ3v) is 3.33. The predicted molar refractivity (Wildman–Crippen MR) is 55.7 cm³/mol. The zero-order valence-electron chi connectivity index (χ0n) is 9.35. The largest absolute Gasteiger partial charge is 0.480 e. The molecule has 2 rings (SSSR count). The summed E-state index contributed by atoms with van der Waals surface area (Å²) in [6.45, 7) is 5.45. The number of hydrogen-bond donors (Lipinski definition) is 1. The Morgan fingerprint density at radius 2 is 2.13 bits per heavy atom. The molecule has 3 unspecified atom stereocenters. The smallest absolute Gasteiger partial charge is 0.321 e. The maximum absolute atomic E-state index is 11.2.